The van der Waals surface area contributed by atoms with Crippen molar-refractivity contribution in [1.82, 2.24) is 9.97 Å². The van der Waals surface area contributed by atoms with E-state index in [2.05, 4.69) is 28.4 Å². The first-order chi connectivity index (χ1) is 9.24. The van der Waals surface area contributed by atoms with Crippen molar-refractivity contribution in [3.8, 4) is 0 Å². The van der Waals surface area contributed by atoms with E-state index in [1.807, 2.05) is 6.08 Å². The molecule has 0 radical (unpaired) electrons. The van der Waals surface area contributed by atoms with Gasteiger partial charge in [-0.2, -0.15) is 0 Å². The van der Waals surface area contributed by atoms with E-state index in [9.17, 15) is 9.32 Å². The lowest BCUT2D eigenvalue weighted by atomic mass is 10.1. The third-order valence-corrected chi connectivity index (χ3v) is 2.46. The number of allylic oxidation sites excluding steroid dienone is 1. The number of halogens is 1. The highest BCUT2D eigenvalue weighted by atomic mass is 19.3. The molecule has 0 aliphatic rings. The highest BCUT2D eigenvalue weighted by molar-refractivity contribution is 5.68. The monoisotopic (exact) mass is 270 g/mol. The summed E-state index contributed by atoms with van der Waals surface area (Å²) in [6, 6.07) is 0. The Morgan fingerprint density at radius 3 is 2.74 bits per heavy atom. The van der Waals surface area contributed by atoms with Crippen LogP contribution in [0, 0.1) is 0 Å². The first kappa shape index (κ1) is 17.4. The van der Waals surface area contributed by atoms with Gasteiger partial charge < -0.3 is 4.98 Å². The lowest BCUT2D eigenvalue weighted by Gasteiger charge is -1.96. The number of nitrogens with one attached hydrogen (secondary N) is 1. The highest BCUT2D eigenvalue weighted by Gasteiger charge is 2.00. The largest absolute Gasteiger partial charge is 0.348 e. The number of hydrogen-bond acceptors (Lipinski definition) is 3. The van der Waals surface area contributed by atoms with Crippen molar-refractivity contribution in [2.45, 2.75) is 51.9 Å². The first-order valence-corrected chi connectivity index (χ1v) is 6.65. The molecule has 108 valence electrons. The zero-order valence-electron chi connectivity index (χ0n) is 11.5. The first-order valence-electron chi connectivity index (χ1n) is 6.65. The van der Waals surface area contributed by atoms with Gasteiger partial charge in [0.15, 0.2) is 0 Å². The van der Waals surface area contributed by atoms with Crippen LogP contribution in [-0.4, -0.2) is 15.9 Å². The molecule has 1 aromatic heterocycles. The zero-order chi connectivity index (χ0) is 14.3. The molecule has 0 fully saturated rings. The number of aromatic nitrogens is 2. The number of hydrogen-bond donors (Lipinski definition) is 1. The SMILES string of the molecule is C=CCc1ncc[nH]1.CCCCCCCC(=O)OF. The van der Waals surface area contributed by atoms with Crippen molar-refractivity contribution < 1.29 is 14.3 Å². The van der Waals surface area contributed by atoms with Gasteiger partial charge in [-0.15, -0.1) is 6.58 Å². The Balaban J connectivity index is 0.000000356. The average Bonchev–Trinajstić information content (AvgIpc) is 2.92. The molecule has 0 amide bonds. The normalized spacial score (nSPS) is 9.37. The van der Waals surface area contributed by atoms with Crippen LogP contribution in [0.5, 0.6) is 0 Å². The summed E-state index contributed by atoms with van der Waals surface area (Å²) < 4.78 is 11.1. The van der Waals surface area contributed by atoms with Crippen LogP contribution >= 0.6 is 0 Å². The molecule has 0 atom stereocenters. The summed E-state index contributed by atoms with van der Waals surface area (Å²) in [6.45, 7) is 5.70. The number of aromatic amines is 1. The molecule has 0 aliphatic carbocycles. The van der Waals surface area contributed by atoms with Crippen molar-refractivity contribution >= 4 is 5.97 Å². The maximum absolute atomic E-state index is 11.1. The van der Waals surface area contributed by atoms with E-state index in [0.29, 0.717) is 0 Å². The predicted molar refractivity (Wildman–Crippen MR) is 73.1 cm³/mol. The van der Waals surface area contributed by atoms with Gasteiger partial charge in [0.05, 0.1) is 0 Å². The number of carbonyl (C=O) groups excluding carboxylic acids is 1. The summed E-state index contributed by atoms with van der Waals surface area (Å²) in [7, 11) is 0. The molecule has 0 saturated heterocycles. The molecular formula is C14H23FN2O2. The van der Waals surface area contributed by atoms with Gasteiger partial charge in [-0.25, -0.2) is 9.78 Å². The summed E-state index contributed by atoms with van der Waals surface area (Å²) in [6.07, 6.45) is 11.6. The Hall–Kier alpha value is -1.65. The molecule has 0 saturated carbocycles. The molecule has 0 bridgehead atoms. The Morgan fingerprint density at radius 2 is 2.21 bits per heavy atom. The number of H-pyrrole nitrogens is 1. The standard InChI is InChI=1S/C8H15FO2.C6H8N2/c1-2-3-4-5-6-7-8(10)11-9;1-2-3-6-7-4-5-8-6/h2-7H2,1H3;2,4-5H,1,3H2,(H,7,8). The lowest BCUT2D eigenvalue weighted by Crippen LogP contribution is -1.96. The fraction of sp³-hybridized carbons (Fsp3) is 0.571. The molecule has 1 rings (SSSR count). The van der Waals surface area contributed by atoms with Gasteiger partial charge in [0.25, 0.3) is 0 Å². The second-order valence-electron chi connectivity index (χ2n) is 4.14. The molecule has 0 spiro atoms. The molecule has 0 unspecified atom stereocenters. The van der Waals surface area contributed by atoms with Crippen LogP contribution in [0.3, 0.4) is 0 Å². The van der Waals surface area contributed by atoms with Gasteiger partial charge in [-0.05, 0) is 6.42 Å². The summed E-state index contributed by atoms with van der Waals surface area (Å²) in [5.74, 6) is 0.224. The molecule has 5 heteroatoms. The smallest absolute Gasteiger partial charge is 0.348 e. The van der Waals surface area contributed by atoms with E-state index in [0.717, 1.165) is 31.5 Å². The Morgan fingerprint density at radius 1 is 1.47 bits per heavy atom. The van der Waals surface area contributed by atoms with Gasteiger partial charge in [0, 0.05) is 29.8 Å². The lowest BCUT2D eigenvalue weighted by molar-refractivity contribution is -0.183. The zero-order valence-corrected chi connectivity index (χ0v) is 11.5. The third kappa shape index (κ3) is 11.2. The van der Waals surface area contributed by atoms with Crippen molar-refractivity contribution in [3.63, 3.8) is 0 Å². The van der Waals surface area contributed by atoms with Gasteiger partial charge >= 0.3 is 5.97 Å². The number of unbranched alkanes of at least 4 members (excludes halogenated alkanes) is 4. The molecule has 1 aromatic rings. The van der Waals surface area contributed by atoms with Gasteiger partial charge in [-0.1, -0.05) is 38.7 Å². The molecule has 1 heterocycles. The van der Waals surface area contributed by atoms with E-state index in [-0.39, 0.29) is 6.42 Å². The minimum Gasteiger partial charge on any atom is -0.348 e. The second-order valence-corrected chi connectivity index (χ2v) is 4.14. The number of nitrogens with zero attached hydrogens (tertiary/aromatic N) is 1. The van der Waals surface area contributed by atoms with E-state index in [1.165, 1.54) is 12.8 Å². The Kier molecular flexibility index (Phi) is 11.7. The van der Waals surface area contributed by atoms with Crippen molar-refractivity contribution in [2.24, 2.45) is 0 Å². The van der Waals surface area contributed by atoms with Crippen LogP contribution in [0.2, 0.25) is 0 Å². The van der Waals surface area contributed by atoms with Crippen LogP contribution in [-0.2, 0) is 16.2 Å². The molecular weight excluding hydrogens is 247 g/mol. The average molecular weight is 270 g/mol. The van der Waals surface area contributed by atoms with Gasteiger partial charge in [0.1, 0.15) is 5.82 Å². The van der Waals surface area contributed by atoms with Gasteiger partial charge in [-0.3, -0.25) is 4.94 Å². The molecule has 4 nitrogen and oxygen atoms in total. The van der Waals surface area contributed by atoms with E-state index in [4.69, 9.17) is 0 Å². The van der Waals surface area contributed by atoms with E-state index in [1.54, 1.807) is 12.4 Å². The molecule has 19 heavy (non-hydrogen) atoms. The summed E-state index contributed by atoms with van der Waals surface area (Å²) in [5, 5.41) is 0. The quantitative estimate of drug-likeness (QED) is 0.575. The van der Waals surface area contributed by atoms with Crippen molar-refractivity contribution in [2.75, 3.05) is 0 Å². The summed E-state index contributed by atoms with van der Waals surface area (Å²) in [4.78, 5) is 20.2. The van der Waals surface area contributed by atoms with Gasteiger partial charge in [0.2, 0.25) is 0 Å². The summed E-state index contributed by atoms with van der Waals surface area (Å²) in [5.41, 5.74) is 0. The Labute approximate surface area is 114 Å². The van der Waals surface area contributed by atoms with Crippen LogP contribution in [0.1, 0.15) is 51.3 Å². The number of imidazole rings is 1. The third-order valence-electron chi connectivity index (χ3n) is 2.46. The van der Waals surface area contributed by atoms with Crippen molar-refractivity contribution in [1.29, 1.82) is 0 Å². The van der Waals surface area contributed by atoms with Crippen LogP contribution in [0.25, 0.3) is 0 Å². The van der Waals surface area contributed by atoms with Crippen LogP contribution < -0.4 is 0 Å². The van der Waals surface area contributed by atoms with E-state index >= 15 is 0 Å². The predicted octanol–water partition coefficient (Wildman–Crippen LogP) is 3.91. The Bertz CT molecular complexity index is 326. The maximum Gasteiger partial charge on any atom is 0.348 e. The molecule has 0 aromatic carbocycles. The van der Waals surface area contributed by atoms with Crippen molar-refractivity contribution in [3.05, 3.63) is 30.9 Å². The fourth-order valence-electron chi connectivity index (χ4n) is 1.46. The van der Waals surface area contributed by atoms with Crippen LogP contribution in [0.15, 0.2) is 25.0 Å². The summed E-state index contributed by atoms with van der Waals surface area (Å²) >= 11 is 0. The topological polar surface area (TPSA) is 55.0 Å². The fourth-order valence-corrected chi connectivity index (χ4v) is 1.46. The maximum atomic E-state index is 11.1. The minimum absolute atomic E-state index is 0.209. The molecule has 0 aliphatic heterocycles. The van der Waals surface area contributed by atoms with Crippen LogP contribution in [0.4, 0.5) is 4.53 Å². The number of rotatable bonds is 8. The highest BCUT2D eigenvalue weighted by Crippen LogP contribution is 2.05. The molecule has 1 N–H and O–H groups in total. The second kappa shape index (κ2) is 12.8. The minimum atomic E-state index is -0.749. The number of carbonyl (C=O) groups is 1. The van der Waals surface area contributed by atoms with E-state index < -0.39 is 5.97 Å².